The maximum absolute atomic E-state index is 7.31. The third-order valence-electron chi connectivity index (χ3n) is 17.9. The van der Waals surface area contributed by atoms with E-state index in [0.29, 0.717) is 54.0 Å². The van der Waals surface area contributed by atoms with Gasteiger partial charge in [-0.1, -0.05) is 131 Å². The summed E-state index contributed by atoms with van der Waals surface area (Å²) in [7, 11) is 0. The molecule has 4 nitrogen and oxygen atoms in total. The fourth-order valence-corrected chi connectivity index (χ4v) is 19.2. The lowest BCUT2D eigenvalue weighted by molar-refractivity contribution is 1.27. The third-order valence-corrected chi connectivity index (χ3v) is 23.9. The molecule has 16 bridgehead atoms. The average molecular weight is 1370 g/mol. The Labute approximate surface area is 582 Å². The quantitative estimate of drug-likeness (QED) is 0.166. The molecule has 0 spiro atoms. The number of hydrogen-bond acceptors (Lipinski definition) is 8. The molecule has 0 atom stereocenters. The summed E-state index contributed by atoms with van der Waals surface area (Å²) in [6.45, 7) is 17.5. The molecule has 6 aromatic carbocycles. The summed E-state index contributed by atoms with van der Waals surface area (Å²) in [5.41, 5.74) is 26.9. The minimum Gasteiger partial charge on any atom is -0.248 e. The van der Waals surface area contributed by atoms with Gasteiger partial charge in [-0.3, -0.25) is 0 Å². The molecule has 11 aromatic rings. The van der Waals surface area contributed by atoms with Gasteiger partial charge in [0.25, 0.3) is 0 Å². The minimum absolute atomic E-state index is 0.508. The normalized spacial score (nSPS) is 12.3. The second kappa shape index (κ2) is 25.1. The van der Waals surface area contributed by atoms with Crippen LogP contribution in [0.3, 0.4) is 0 Å². The number of benzene rings is 6. The van der Waals surface area contributed by atoms with E-state index in [9.17, 15) is 0 Å². The van der Waals surface area contributed by atoms with Crippen LogP contribution < -0.4 is 0 Å². The zero-order valence-electron chi connectivity index (χ0n) is 52.6. The Hall–Kier alpha value is -8.38. The number of hydrogen-bond donors (Lipinski definition) is 0. The first-order chi connectivity index (χ1) is 45.6. The molecule has 4 aliphatic heterocycles. The Morgan fingerprint density at radius 3 is 0.564 bits per heavy atom. The van der Waals surface area contributed by atoms with Gasteiger partial charge < -0.3 is 0 Å². The van der Waals surface area contributed by atoms with E-state index in [4.69, 9.17) is 66.3 Å². The van der Waals surface area contributed by atoms with Crippen LogP contribution in [0, 0.1) is 55.4 Å². The number of aromatic nitrogens is 4. The summed E-state index contributed by atoms with van der Waals surface area (Å²) in [6, 6.07) is 55.3. The zero-order chi connectivity index (χ0) is 64.8. The Balaban J connectivity index is 1.11. The predicted octanol–water partition coefficient (Wildman–Crippen LogP) is 26.8. The van der Waals surface area contributed by atoms with Crippen molar-refractivity contribution in [3.8, 4) is 66.8 Å². The fraction of sp³-hybridized carbons (Fsp3) is 0.0976. The molecule has 0 aliphatic carbocycles. The van der Waals surface area contributed by atoms with E-state index in [1.54, 1.807) is 45.3 Å². The van der Waals surface area contributed by atoms with Gasteiger partial charge in [0.15, 0.2) is 0 Å². The van der Waals surface area contributed by atoms with E-state index in [-0.39, 0.29) is 0 Å². The summed E-state index contributed by atoms with van der Waals surface area (Å²) in [5, 5.41) is 2.03. The third kappa shape index (κ3) is 11.0. The van der Waals surface area contributed by atoms with Crippen LogP contribution in [0.2, 0.25) is 20.1 Å². The fourth-order valence-electron chi connectivity index (χ4n) is 13.6. The van der Waals surface area contributed by atoms with Gasteiger partial charge in [0.05, 0.1) is 65.6 Å². The van der Waals surface area contributed by atoms with Crippen molar-refractivity contribution in [1.29, 1.82) is 0 Å². The van der Waals surface area contributed by atoms with Gasteiger partial charge in [0.2, 0.25) is 0 Å². The first-order valence-electron chi connectivity index (χ1n) is 30.9. The number of rotatable bonds is 6. The largest absolute Gasteiger partial charge is 0.248 e. The van der Waals surface area contributed by atoms with Crippen LogP contribution in [0.25, 0.3) is 153 Å². The Kier molecular flexibility index (Phi) is 16.5. The van der Waals surface area contributed by atoms with Crippen molar-refractivity contribution >= 4 is 178 Å². The molecule has 12 heteroatoms. The van der Waals surface area contributed by atoms with E-state index in [1.807, 2.05) is 36.4 Å². The average Bonchev–Trinajstić information content (AvgIpc) is 1.60. The molecule has 15 rings (SSSR count). The molecule has 458 valence electrons. The van der Waals surface area contributed by atoms with Gasteiger partial charge in [0, 0.05) is 82.1 Å². The summed E-state index contributed by atoms with van der Waals surface area (Å²) in [5.74, 6) is 0. The maximum Gasteiger partial charge on any atom is 0.0739 e. The lowest BCUT2D eigenvalue weighted by atomic mass is 9.95. The summed E-state index contributed by atoms with van der Waals surface area (Å²) < 4.78 is 8.89. The van der Waals surface area contributed by atoms with E-state index in [0.717, 1.165) is 161 Å². The van der Waals surface area contributed by atoms with Gasteiger partial charge in [-0.15, -0.1) is 45.3 Å². The minimum atomic E-state index is 0.508. The number of nitrogens with zero attached hydrogens (tertiary/aromatic N) is 4. The van der Waals surface area contributed by atoms with Crippen molar-refractivity contribution in [3.05, 3.63) is 268 Å². The lowest BCUT2D eigenvalue weighted by Crippen LogP contribution is -1.94. The van der Waals surface area contributed by atoms with Crippen LogP contribution in [-0.2, 0) is 0 Å². The first kappa shape index (κ1) is 61.8. The van der Waals surface area contributed by atoms with Crippen LogP contribution in [0.4, 0.5) is 0 Å². The molecule has 9 heterocycles. The predicted molar refractivity (Wildman–Crippen MR) is 414 cm³/mol. The van der Waals surface area contributed by atoms with E-state index in [2.05, 4.69) is 225 Å². The number of thiophene rings is 4. The van der Waals surface area contributed by atoms with Crippen molar-refractivity contribution in [2.45, 2.75) is 55.4 Å². The summed E-state index contributed by atoms with van der Waals surface area (Å²) in [4.78, 5) is 22.6. The zero-order valence-corrected chi connectivity index (χ0v) is 58.9. The van der Waals surface area contributed by atoms with Gasteiger partial charge in [0.1, 0.15) is 0 Å². The molecule has 0 unspecified atom stereocenters. The number of fused-ring (bicyclic) bond motifs is 18. The van der Waals surface area contributed by atoms with Crippen molar-refractivity contribution < 1.29 is 0 Å². The second-order valence-electron chi connectivity index (χ2n) is 24.0. The van der Waals surface area contributed by atoms with Crippen LogP contribution in [0.1, 0.15) is 90.1 Å². The highest BCUT2D eigenvalue weighted by atomic mass is 35.5. The SMILES string of the molecule is Cc1cccc(C)c1-c1c2nc(c(-c3c(Cl)cccc3Cl)c3nc(c(-c4c(C)cccc4C)c4ccc(s4)c4ccc(s4)c(-c4c(C)cccc4C)c4nc(c(-c5c(Cl)cccc5Cl)c5nc(c(-c6c(C)cccc6C)c6ccc(s6)c6ccc1s6)C=C5)C=C4)C=C3)C=C2. The molecule has 0 N–H and O–H groups in total. The standard InChI is InChI=1S/C82H58Cl4N4S4/c1-43-15-9-16-44(2)71(43)79-59-31-27-55(87-59)77(75-51(83)23-13-24-52(75)84)56-28-32-60(88-56)81(73-47(5)19-11-20-48(73)6)69-41-37-65(93-69)66-38-42-70(94-66)82(74-49(7)21-12-22-50(74)8)62-34-30-58(90-62)78(76-53(85)25-14-26-54(76)86)57-29-33-61(89-57)80(72-45(3)17-10-18-46(72)4)68-40-36-64(92-68)63-35-39-67(79)91-63/h9-42H,1-8H3. The Morgan fingerprint density at radius 1 is 0.191 bits per heavy atom. The first-order valence-corrected chi connectivity index (χ1v) is 35.7. The molecule has 5 aromatic heterocycles. The molecule has 0 radical (unpaired) electrons. The number of aryl methyl sites for hydroxylation is 8. The molecule has 0 amide bonds. The number of halogens is 4. The molecule has 94 heavy (non-hydrogen) atoms. The molecule has 0 fully saturated rings. The Morgan fingerprint density at radius 2 is 0.362 bits per heavy atom. The smallest absolute Gasteiger partial charge is 0.0739 e. The van der Waals surface area contributed by atoms with Crippen LogP contribution >= 0.6 is 91.8 Å². The molecular weight excluding hydrogens is 1310 g/mol. The topological polar surface area (TPSA) is 51.6 Å². The van der Waals surface area contributed by atoms with Crippen LogP contribution in [0.5, 0.6) is 0 Å². The Bertz CT molecular complexity index is 4910. The van der Waals surface area contributed by atoms with Gasteiger partial charge in [-0.05, 0) is 244 Å². The van der Waals surface area contributed by atoms with Crippen molar-refractivity contribution in [2.24, 2.45) is 0 Å². The highest BCUT2D eigenvalue weighted by molar-refractivity contribution is 7.31. The molecule has 0 saturated carbocycles. The highest BCUT2D eigenvalue weighted by Gasteiger charge is 2.26. The second-order valence-corrected chi connectivity index (χ2v) is 30.0. The van der Waals surface area contributed by atoms with Crippen molar-refractivity contribution in [3.63, 3.8) is 0 Å². The van der Waals surface area contributed by atoms with Crippen molar-refractivity contribution in [1.82, 2.24) is 19.9 Å². The lowest BCUT2D eigenvalue weighted by Gasteiger charge is -2.12. The van der Waals surface area contributed by atoms with Crippen molar-refractivity contribution in [2.75, 3.05) is 0 Å². The maximum atomic E-state index is 7.31. The van der Waals surface area contributed by atoms with E-state index >= 15 is 0 Å². The van der Waals surface area contributed by atoms with Crippen LogP contribution in [-0.4, -0.2) is 19.9 Å². The molecule has 4 aliphatic rings. The molecule has 0 saturated heterocycles. The molecular formula is C82H58Cl4N4S4. The van der Waals surface area contributed by atoms with Crippen LogP contribution in [0.15, 0.2) is 158 Å². The summed E-state index contributed by atoms with van der Waals surface area (Å²) >= 11 is 36.3. The van der Waals surface area contributed by atoms with Gasteiger partial charge >= 0.3 is 0 Å². The van der Waals surface area contributed by atoms with Gasteiger partial charge in [-0.25, -0.2) is 19.9 Å². The van der Waals surface area contributed by atoms with E-state index in [1.165, 1.54) is 0 Å². The summed E-state index contributed by atoms with van der Waals surface area (Å²) in [6.07, 6.45) is 16.9. The highest BCUT2D eigenvalue weighted by Crippen LogP contribution is 2.49. The van der Waals surface area contributed by atoms with Gasteiger partial charge in [-0.2, -0.15) is 0 Å². The van der Waals surface area contributed by atoms with E-state index < -0.39 is 0 Å². The monoisotopic (exact) mass is 1370 g/mol.